The number of carbonyl (C=O) groups excluding carboxylic acids is 2. The van der Waals surface area contributed by atoms with Gasteiger partial charge in [-0.05, 0) is 48.7 Å². The maximum atomic E-state index is 13.0. The quantitative estimate of drug-likeness (QED) is 0.766. The van der Waals surface area contributed by atoms with Crippen LogP contribution in [0.3, 0.4) is 0 Å². The Bertz CT molecular complexity index is 1030. The number of aromatic nitrogens is 1. The molecule has 2 aliphatic heterocycles. The van der Waals surface area contributed by atoms with Gasteiger partial charge in [-0.1, -0.05) is 0 Å². The van der Waals surface area contributed by atoms with Gasteiger partial charge >= 0.3 is 0 Å². The Morgan fingerprint density at radius 2 is 1.84 bits per heavy atom. The first-order chi connectivity index (χ1) is 15.0. The van der Waals surface area contributed by atoms with E-state index in [9.17, 15) is 14.4 Å². The highest BCUT2D eigenvalue weighted by Gasteiger charge is 2.37. The molecule has 2 amide bonds. The third-order valence-electron chi connectivity index (χ3n) is 6.04. The molecule has 0 radical (unpaired) electrons. The van der Waals surface area contributed by atoms with Gasteiger partial charge in [0.2, 0.25) is 5.91 Å². The fourth-order valence-corrected chi connectivity index (χ4v) is 4.53. The highest BCUT2D eigenvalue weighted by molar-refractivity contribution is 5.94. The van der Waals surface area contributed by atoms with Crippen LogP contribution in [0.4, 0.5) is 5.69 Å². The summed E-state index contributed by atoms with van der Waals surface area (Å²) >= 11 is 0. The van der Waals surface area contributed by atoms with Crippen molar-refractivity contribution in [1.82, 2.24) is 9.47 Å². The lowest BCUT2D eigenvalue weighted by Gasteiger charge is -2.43. The molecule has 31 heavy (non-hydrogen) atoms. The standard InChI is InChI=1S/C23H27N3O5/c1-30-10-9-21(27)24-19-7-8-20-17-11-15(13-26(20)23(19)29)12-25(14-17)22(28)16-3-5-18(31-2)6-4-16/h3-8,15,17H,9-14H2,1-2H3,(H,24,27)/t15-,17+/m0/s1. The number of hydrogen-bond acceptors (Lipinski definition) is 5. The number of nitrogens with zero attached hydrogens (tertiary/aromatic N) is 2. The van der Waals surface area contributed by atoms with Gasteiger partial charge in [-0.15, -0.1) is 0 Å². The van der Waals surface area contributed by atoms with Gasteiger partial charge in [-0.25, -0.2) is 0 Å². The van der Waals surface area contributed by atoms with Crippen LogP contribution in [0.15, 0.2) is 41.2 Å². The van der Waals surface area contributed by atoms with E-state index in [4.69, 9.17) is 9.47 Å². The third-order valence-corrected chi connectivity index (χ3v) is 6.04. The van der Waals surface area contributed by atoms with E-state index in [1.54, 1.807) is 42.0 Å². The number of carbonyl (C=O) groups is 2. The van der Waals surface area contributed by atoms with Gasteiger partial charge in [0.05, 0.1) is 20.1 Å². The van der Waals surface area contributed by atoms with Gasteiger partial charge in [0.1, 0.15) is 11.4 Å². The van der Waals surface area contributed by atoms with Crippen LogP contribution in [0, 0.1) is 5.92 Å². The molecule has 2 atom stereocenters. The Labute approximate surface area is 180 Å². The van der Waals surface area contributed by atoms with Crippen LogP contribution in [0.1, 0.15) is 34.8 Å². The van der Waals surface area contributed by atoms with Crippen LogP contribution in [0.2, 0.25) is 0 Å². The summed E-state index contributed by atoms with van der Waals surface area (Å²) in [6, 6.07) is 10.7. The summed E-state index contributed by atoms with van der Waals surface area (Å²) in [4.78, 5) is 39.9. The van der Waals surface area contributed by atoms with Gasteiger partial charge in [0, 0.05) is 43.9 Å². The number of likely N-dealkylation sites (tertiary alicyclic amines) is 1. The molecule has 1 fully saturated rings. The van der Waals surface area contributed by atoms with Gasteiger partial charge < -0.3 is 24.3 Å². The molecule has 1 aromatic carbocycles. The molecule has 0 saturated carbocycles. The molecular weight excluding hydrogens is 398 g/mol. The Kier molecular flexibility index (Phi) is 6.08. The van der Waals surface area contributed by atoms with Crippen molar-refractivity contribution in [3.63, 3.8) is 0 Å². The molecule has 8 heteroatoms. The van der Waals surface area contributed by atoms with Crippen molar-refractivity contribution in [1.29, 1.82) is 0 Å². The number of piperidine rings is 1. The highest BCUT2D eigenvalue weighted by atomic mass is 16.5. The van der Waals surface area contributed by atoms with E-state index in [2.05, 4.69) is 5.32 Å². The molecule has 2 aliphatic rings. The molecule has 1 N–H and O–H groups in total. The molecule has 1 aromatic heterocycles. The van der Waals surface area contributed by atoms with Crippen LogP contribution < -0.4 is 15.6 Å². The number of nitrogens with one attached hydrogen (secondary N) is 1. The van der Waals surface area contributed by atoms with Crippen molar-refractivity contribution in [2.24, 2.45) is 5.92 Å². The summed E-state index contributed by atoms with van der Waals surface area (Å²) in [5.41, 5.74) is 1.65. The van der Waals surface area contributed by atoms with E-state index < -0.39 is 0 Å². The van der Waals surface area contributed by atoms with Crippen LogP contribution in [0.25, 0.3) is 0 Å². The number of amides is 2. The minimum absolute atomic E-state index is 0.00447. The van der Waals surface area contributed by atoms with Gasteiger partial charge in [0.15, 0.2) is 0 Å². The summed E-state index contributed by atoms with van der Waals surface area (Å²) in [5.74, 6) is 0.763. The summed E-state index contributed by atoms with van der Waals surface area (Å²) in [6.07, 6.45) is 1.15. The third kappa shape index (κ3) is 4.34. The van der Waals surface area contributed by atoms with Crippen molar-refractivity contribution in [2.75, 3.05) is 39.2 Å². The molecule has 1 saturated heterocycles. The Hall–Kier alpha value is -3.13. The van der Waals surface area contributed by atoms with E-state index in [0.717, 1.165) is 12.1 Å². The molecule has 0 aliphatic carbocycles. The fraction of sp³-hybridized carbons (Fsp3) is 0.435. The second-order valence-electron chi connectivity index (χ2n) is 8.12. The zero-order valence-electron chi connectivity index (χ0n) is 17.8. The molecule has 2 aromatic rings. The number of rotatable bonds is 6. The van der Waals surface area contributed by atoms with Gasteiger partial charge in [-0.3, -0.25) is 14.4 Å². The first-order valence-electron chi connectivity index (χ1n) is 10.5. The minimum atomic E-state index is -0.244. The lowest BCUT2D eigenvalue weighted by atomic mass is 9.83. The normalized spacial score (nSPS) is 19.5. The second kappa shape index (κ2) is 8.93. The van der Waals surface area contributed by atoms with Crippen LogP contribution in [-0.4, -0.2) is 55.2 Å². The van der Waals surface area contributed by atoms with Crippen LogP contribution >= 0.6 is 0 Å². The van der Waals surface area contributed by atoms with Crippen molar-refractivity contribution in [3.8, 4) is 5.75 Å². The molecule has 8 nitrogen and oxygen atoms in total. The summed E-state index contributed by atoms with van der Waals surface area (Å²) in [6.45, 7) is 2.02. The Morgan fingerprint density at radius 1 is 1.06 bits per heavy atom. The molecule has 164 valence electrons. The molecular formula is C23H27N3O5. The number of methoxy groups -OCH3 is 2. The van der Waals surface area contributed by atoms with Crippen molar-refractivity contribution >= 4 is 17.5 Å². The predicted molar refractivity (Wildman–Crippen MR) is 116 cm³/mol. The van der Waals surface area contributed by atoms with E-state index >= 15 is 0 Å². The second-order valence-corrected chi connectivity index (χ2v) is 8.12. The van der Waals surface area contributed by atoms with Crippen LogP contribution in [-0.2, 0) is 16.1 Å². The average Bonchev–Trinajstić information content (AvgIpc) is 2.79. The SMILES string of the molecule is COCCC(=O)Nc1ccc2n(c1=O)C[C@H]1C[C@@H]2CN(C(=O)c2ccc(OC)cc2)C1. The highest BCUT2D eigenvalue weighted by Crippen LogP contribution is 2.36. The fourth-order valence-electron chi connectivity index (χ4n) is 4.53. The molecule has 4 rings (SSSR count). The zero-order chi connectivity index (χ0) is 22.0. The summed E-state index contributed by atoms with van der Waals surface area (Å²) in [5, 5.41) is 2.69. The number of fused-ring (bicyclic) bond motifs is 4. The maximum absolute atomic E-state index is 13.0. The summed E-state index contributed by atoms with van der Waals surface area (Å²) < 4.78 is 11.8. The van der Waals surface area contributed by atoms with Crippen molar-refractivity contribution < 1.29 is 19.1 Å². The molecule has 0 unspecified atom stereocenters. The first kappa shape index (κ1) is 21.1. The zero-order valence-corrected chi connectivity index (χ0v) is 17.8. The van der Waals surface area contributed by atoms with Crippen LogP contribution in [0.5, 0.6) is 5.75 Å². The molecule has 0 spiro atoms. The smallest absolute Gasteiger partial charge is 0.274 e. The Morgan fingerprint density at radius 3 is 2.55 bits per heavy atom. The minimum Gasteiger partial charge on any atom is -0.497 e. The van der Waals surface area contributed by atoms with Crippen molar-refractivity contribution in [2.45, 2.75) is 25.3 Å². The molecule has 3 heterocycles. The van der Waals surface area contributed by atoms with Gasteiger partial charge in [-0.2, -0.15) is 0 Å². The largest absolute Gasteiger partial charge is 0.497 e. The van der Waals surface area contributed by atoms with E-state index in [0.29, 0.717) is 37.6 Å². The predicted octanol–water partition coefficient (Wildman–Crippen LogP) is 2.09. The van der Waals surface area contributed by atoms with Crippen molar-refractivity contribution in [3.05, 3.63) is 58.0 Å². The topological polar surface area (TPSA) is 89.9 Å². The molecule has 2 bridgehead atoms. The Balaban J connectivity index is 1.52. The number of ether oxygens (including phenoxy) is 2. The van der Waals surface area contributed by atoms with E-state index in [-0.39, 0.29) is 41.3 Å². The van der Waals surface area contributed by atoms with Gasteiger partial charge in [0.25, 0.3) is 11.5 Å². The summed E-state index contributed by atoms with van der Waals surface area (Å²) in [7, 11) is 3.13. The van der Waals surface area contributed by atoms with E-state index in [1.807, 2.05) is 11.0 Å². The number of hydrogen-bond donors (Lipinski definition) is 1. The monoisotopic (exact) mass is 425 g/mol. The van der Waals surface area contributed by atoms with E-state index in [1.165, 1.54) is 7.11 Å². The first-order valence-corrected chi connectivity index (χ1v) is 10.5. The lowest BCUT2D eigenvalue weighted by Crippen LogP contribution is -2.49. The number of anilines is 1. The average molecular weight is 425 g/mol. The number of benzene rings is 1. The maximum Gasteiger partial charge on any atom is 0.274 e. The number of pyridine rings is 1. The lowest BCUT2D eigenvalue weighted by molar-refractivity contribution is -0.117.